The summed E-state index contributed by atoms with van der Waals surface area (Å²) in [5, 5.41) is 9.83. The third kappa shape index (κ3) is 5.38. The Morgan fingerprint density at radius 3 is 2.62 bits per heavy atom. The molecule has 8 nitrogen and oxygen atoms in total. The predicted molar refractivity (Wildman–Crippen MR) is 103 cm³/mol. The van der Waals surface area contributed by atoms with Crippen molar-refractivity contribution in [2.45, 2.75) is 17.7 Å². The summed E-state index contributed by atoms with van der Waals surface area (Å²) in [4.78, 5) is 12.2. The zero-order valence-electron chi connectivity index (χ0n) is 15.5. The summed E-state index contributed by atoms with van der Waals surface area (Å²) < 4.78 is 48.2. The highest BCUT2D eigenvalue weighted by Gasteiger charge is 2.16. The Hall–Kier alpha value is -3.27. The molecule has 0 aliphatic carbocycles. The zero-order valence-corrected chi connectivity index (χ0v) is 16.3. The molecule has 2 aromatic carbocycles. The number of carbonyl (C=O) groups is 1. The van der Waals surface area contributed by atoms with E-state index in [0.29, 0.717) is 11.3 Å². The van der Waals surface area contributed by atoms with Crippen LogP contribution in [-0.4, -0.2) is 37.4 Å². The monoisotopic (exact) mass is 419 g/mol. The fraction of sp³-hybridized carbons (Fsp3) is 0.211. The van der Waals surface area contributed by atoms with Crippen molar-refractivity contribution in [1.29, 1.82) is 0 Å². The first-order valence-electron chi connectivity index (χ1n) is 8.63. The molecule has 1 aromatic heterocycles. The molecule has 0 fully saturated rings. The highest BCUT2D eigenvalue weighted by Crippen LogP contribution is 2.21. The zero-order chi connectivity index (χ0) is 20.9. The van der Waals surface area contributed by atoms with Gasteiger partial charge in [0.2, 0.25) is 11.8 Å². The van der Waals surface area contributed by atoms with Crippen molar-refractivity contribution in [3.63, 3.8) is 0 Å². The molecule has 0 radical (unpaired) electrons. The topological polar surface area (TPSA) is 111 Å². The van der Waals surface area contributed by atoms with Gasteiger partial charge in [0.25, 0.3) is 0 Å². The first kappa shape index (κ1) is 20.5. The maximum absolute atomic E-state index is 13.3. The average molecular weight is 419 g/mol. The van der Waals surface area contributed by atoms with Gasteiger partial charge >= 0.3 is 6.01 Å². The van der Waals surface area contributed by atoms with E-state index in [2.05, 4.69) is 15.5 Å². The van der Waals surface area contributed by atoms with Gasteiger partial charge in [-0.1, -0.05) is 11.2 Å². The molecule has 0 atom stereocenters. The van der Waals surface area contributed by atoms with E-state index in [0.717, 1.165) is 0 Å². The average Bonchev–Trinajstić information content (AvgIpc) is 3.16. The minimum atomic E-state index is -3.51. The van der Waals surface area contributed by atoms with E-state index in [1.807, 2.05) is 0 Å². The number of aromatic nitrogens is 2. The number of nitrogens with zero attached hydrogens (tertiary/aromatic N) is 2. The van der Waals surface area contributed by atoms with Crippen LogP contribution in [0.3, 0.4) is 0 Å². The Labute approximate surface area is 166 Å². The van der Waals surface area contributed by atoms with Crippen molar-refractivity contribution < 1.29 is 26.8 Å². The third-order valence-corrected chi connectivity index (χ3v) is 5.79. The normalized spacial score (nSPS) is 11.2. The number of amides is 1. The molecule has 1 heterocycles. The van der Waals surface area contributed by atoms with Gasteiger partial charge in [-0.3, -0.25) is 10.1 Å². The molecule has 0 spiro atoms. The standard InChI is InChI=1S/C19H18FN3O5S/c1-27-15-7-9-16(10-8-15)29(25,26)11-3-6-17(24)21-19-23-22-18(28-19)13-4-2-5-14(20)12-13/h2,4-5,7-10,12H,3,6,11H2,1H3,(H,21,23,24). The molecule has 3 rings (SSSR count). The number of hydrogen-bond donors (Lipinski definition) is 1. The summed E-state index contributed by atoms with van der Waals surface area (Å²) in [5.74, 6) is -0.499. The van der Waals surface area contributed by atoms with Crippen LogP contribution >= 0.6 is 0 Å². The van der Waals surface area contributed by atoms with Gasteiger partial charge in [-0.2, -0.15) is 0 Å². The first-order valence-corrected chi connectivity index (χ1v) is 10.3. The Morgan fingerprint density at radius 2 is 1.93 bits per heavy atom. The molecule has 1 N–H and O–H groups in total. The molecule has 10 heteroatoms. The van der Waals surface area contributed by atoms with Gasteiger partial charge in [-0.15, -0.1) is 5.10 Å². The van der Waals surface area contributed by atoms with E-state index in [1.54, 1.807) is 18.2 Å². The molecule has 0 saturated heterocycles. The molecule has 0 aliphatic heterocycles. The van der Waals surface area contributed by atoms with Crippen molar-refractivity contribution in [2.75, 3.05) is 18.2 Å². The van der Waals surface area contributed by atoms with E-state index < -0.39 is 21.6 Å². The van der Waals surface area contributed by atoms with Gasteiger partial charge in [0.15, 0.2) is 9.84 Å². The van der Waals surface area contributed by atoms with Crippen LogP contribution in [0.2, 0.25) is 0 Å². The van der Waals surface area contributed by atoms with Crippen LogP contribution in [0, 0.1) is 5.82 Å². The van der Waals surface area contributed by atoms with Crippen molar-refractivity contribution in [3.05, 3.63) is 54.3 Å². The molecule has 152 valence electrons. The highest BCUT2D eigenvalue weighted by molar-refractivity contribution is 7.91. The number of nitrogens with one attached hydrogen (secondary N) is 1. The Bertz CT molecular complexity index is 1100. The van der Waals surface area contributed by atoms with Crippen LogP contribution in [0.5, 0.6) is 5.75 Å². The van der Waals surface area contributed by atoms with E-state index in [-0.39, 0.29) is 35.4 Å². The fourth-order valence-corrected chi connectivity index (χ4v) is 3.83. The summed E-state index contributed by atoms with van der Waals surface area (Å²) in [6, 6.07) is 11.5. The van der Waals surface area contributed by atoms with Gasteiger partial charge in [0.05, 0.1) is 17.8 Å². The minimum absolute atomic E-state index is 0.0485. The van der Waals surface area contributed by atoms with Crippen LogP contribution < -0.4 is 10.1 Å². The van der Waals surface area contributed by atoms with Crippen LogP contribution in [0.1, 0.15) is 12.8 Å². The second kappa shape index (κ2) is 8.82. The van der Waals surface area contributed by atoms with Gasteiger partial charge in [-0.05, 0) is 48.9 Å². The number of benzene rings is 2. The molecule has 1 amide bonds. The molecule has 0 bridgehead atoms. The molecule has 29 heavy (non-hydrogen) atoms. The minimum Gasteiger partial charge on any atom is -0.497 e. The van der Waals surface area contributed by atoms with Crippen LogP contribution in [0.4, 0.5) is 10.4 Å². The van der Waals surface area contributed by atoms with E-state index in [9.17, 15) is 17.6 Å². The summed E-state index contributed by atoms with van der Waals surface area (Å²) >= 11 is 0. The highest BCUT2D eigenvalue weighted by atomic mass is 32.2. The lowest BCUT2D eigenvalue weighted by Gasteiger charge is -2.05. The van der Waals surface area contributed by atoms with Crippen LogP contribution in [0.15, 0.2) is 57.8 Å². The van der Waals surface area contributed by atoms with Crippen LogP contribution in [-0.2, 0) is 14.6 Å². The second-order valence-electron chi connectivity index (χ2n) is 6.07. The number of ether oxygens (including phenoxy) is 1. The van der Waals surface area contributed by atoms with Gasteiger partial charge in [0.1, 0.15) is 11.6 Å². The van der Waals surface area contributed by atoms with Crippen molar-refractivity contribution in [3.8, 4) is 17.2 Å². The maximum atomic E-state index is 13.3. The van der Waals surface area contributed by atoms with Crippen molar-refractivity contribution in [2.24, 2.45) is 0 Å². The van der Waals surface area contributed by atoms with E-state index in [1.165, 1.54) is 37.4 Å². The van der Waals surface area contributed by atoms with E-state index >= 15 is 0 Å². The lowest BCUT2D eigenvalue weighted by molar-refractivity contribution is -0.116. The number of rotatable bonds is 8. The summed E-state index contributed by atoms with van der Waals surface area (Å²) in [6.45, 7) is 0. The molecule has 0 unspecified atom stereocenters. The SMILES string of the molecule is COc1ccc(S(=O)(=O)CCCC(=O)Nc2nnc(-c3cccc(F)c3)o2)cc1. The van der Waals surface area contributed by atoms with E-state index in [4.69, 9.17) is 9.15 Å². The number of methoxy groups -OCH3 is 1. The number of hydrogen-bond acceptors (Lipinski definition) is 7. The smallest absolute Gasteiger partial charge is 0.322 e. The number of carbonyl (C=O) groups excluding carboxylic acids is 1. The largest absolute Gasteiger partial charge is 0.497 e. The first-order chi connectivity index (χ1) is 13.9. The Kier molecular flexibility index (Phi) is 6.23. The Balaban J connectivity index is 1.52. The summed E-state index contributed by atoms with van der Waals surface area (Å²) in [5.41, 5.74) is 0.378. The molecule has 3 aromatic rings. The lowest BCUT2D eigenvalue weighted by atomic mass is 10.2. The summed E-state index contributed by atoms with van der Waals surface area (Å²) in [7, 11) is -2.02. The second-order valence-corrected chi connectivity index (χ2v) is 8.18. The van der Waals surface area contributed by atoms with Gasteiger partial charge < -0.3 is 9.15 Å². The summed E-state index contributed by atoms with van der Waals surface area (Å²) in [6.07, 6.45) is 0.0676. The van der Waals surface area contributed by atoms with Gasteiger partial charge in [0, 0.05) is 12.0 Å². The van der Waals surface area contributed by atoms with Crippen molar-refractivity contribution in [1.82, 2.24) is 10.2 Å². The predicted octanol–water partition coefficient (Wildman–Crippen LogP) is 3.08. The van der Waals surface area contributed by atoms with Gasteiger partial charge in [-0.25, -0.2) is 12.8 Å². The fourth-order valence-electron chi connectivity index (χ4n) is 2.52. The van der Waals surface area contributed by atoms with Crippen LogP contribution in [0.25, 0.3) is 11.5 Å². The molecular weight excluding hydrogens is 401 g/mol. The molecular formula is C19H18FN3O5S. The molecule has 0 saturated carbocycles. The van der Waals surface area contributed by atoms with Crippen molar-refractivity contribution >= 4 is 21.8 Å². The number of halogens is 1. The molecule has 0 aliphatic rings. The maximum Gasteiger partial charge on any atom is 0.322 e. The number of sulfone groups is 1. The lowest BCUT2D eigenvalue weighted by Crippen LogP contribution is -2.14. The Morgan fingerprint density at radius 1 is 1.17 bits per heavy atom. The number of anilines is 1. The third-order valence-electron chi connectivity index (χ3n) is 3.98. The quantitative estimate of drug-likeness (QED) is 0.597.